The van der Waals surface area contributed by atoms with Gasteiger partial charge in [-0.05, 0) is 31.6 Å². The second-order valence-corrected chi connectivity index (χ2v) is 3.70. The zero-order valence-electron chi connectivity index (χ0n) is 6.97. The van der Waals surface area contributed by atoms with Gasteiger partial charge in [0.15, 0.2) is 0 Å². The Hall–Kier alpha value is -0.570. The summed E-state index contributed by atoms with van der Waals surface area (Å²) in [7, 11) is 0. The maximum atomic E-state index is 10.9. The lowest BCUT2D eigenvalue weighted by Crippen LogP contribution is -2.53. The molecule has 1 rings (SSSR count). The zero-order chi connectivity index (χ0) is 8.48. The van der Waals surface area contributed by atoms with Gasteiger partial charge in [-0.2, -0.15) is 0 Å². The van der Waals surface area contributed by atoms with Crippen LogP contribution in [-0.4, -0.2) is 11.4 Å². The van der Waals surface area contributed by atoms with Crippen molar-refractivity contribution in [2.45, 2.75) is 38.1 Å². The van der Waals surface area contributed by atoms with Gasteiger partial charge in [0.1, 0.15) is 0 Å². The number of nitrogens with two attached hydrogens (primary N) is 2. The Morgan fingerprint density at radius 2 is 1.91 bits per heavy atom. The summed E-state index contributed by atoms with van der Waals surface area (Å²) in [5.74, 6) is 0.357. The topological polar surface area (TPSA) is 69.1 Å². The average Bonchev–Trinajstić information content (AvgIpc) is 1.95. The molecule has 64 valence electrons. The van der Waals surface area contributed by atoms with Crippen molar-refractivity contribution in [2.24, 2.45) is 17.4 Å². The van der Waals surface area contributed by atoms with Gasteiger partial charge in [-0.1, -0.05) is 6.92 Å². The lowest BCUT2D eigenvalue weighted by Gasteiger charge is -2.32. The first-order valence-corrected chi connectivity index (χ1v) is 4.13. The van der Waals surface area contributed by atoms with Crippen LogP contribution in [0.15, 0.2) is 0 Å². The minimum atomic E-state index is -0.702. The van der Waals surface area contributed by atoms with Crippen LogP contribution in [-0.2, 0) is 4.79 Å². The number of primary amides is 1. The van der Waals surface area contributed by atoms with E-state index in [1.165, 1.54) is 0 Å². The molecule has 0 bridgehead atoms. The van der Waals surface area contributed by atoms with Gasteiger partial charge in [0.25, 0.3) is 0 Å². The molecule has 3 nitrogen and oxygen atoms in total. The van der Waals surface area contributed by atoms with E-state index in [4.69, 9.17) is 11.5 Å². The third-order valence-electron chi connectivity index (χ3n) is 2.66. The number of carbonyl (C=O) groups is 1. The van der Waals surface area contributed by atoms with Gasteiger partial charge in [-0.25, -0.2) is 0 Å². The average molecular weight is 156 g/mol. The van der Waals surface area contributed by atoms with Crippen molar-refractivity contribution in [3.8, 4) is 0 Å². The van der Waals surface area contributed by atoms with E-state index in [0.717, 1.165) is 25.7 Å². The molecule has 3 heteroatoms. The first-order valence-electron chi connectivity index (χ1n) is 4.13. The van der Waals surface area contributed by atoms with E-state index in [2.05, 4.69) is 6.92 Å². The van der Waals surface area contributed by atoms with Crippen LogP contribution in [0.25, 0.3) is 0 Å². The minimum absolute atomic E-state index is 0.343. The molecule has 1 aliphatic rings. The Balaban J connectivity index is 2.55. The summed E-state index contributed by atoms with van der Waals surface area (Å²) >= 11 is 0. The number of hydrogen-bond acceptors (Lipinski definition) is 2. The van der Waals surface area contributed by atoms with E-state index >= 15 is 0 Å². The smallest absolute Gasteiger partial charge is 0.237 e. The molecule has 0 aromatic carbocycles. The Kier molecular flexibility index (Phi) is 2.18. The summed E-state index contributed by atoms with van der Waals surface area (Å²) < 4.78 is 0. The first-order chi connectivity index (χ1) is 5.04. The van der Waals surface area contributed by atoms with Gasteiger partial charge >= 0.3 is 0 Å². The van der Waals surface area contributed by atoms with E-state index in [9.17, 15) is 4.79 Å². The van der Waals surface area contributed by atoms with E-state index in [-0.39, 0.29) is 5.91 Å². The van der Waals surface area contributed by atoms with E-state index in [1.807, 2.05) is 0 Å². The third kappa shape index (κ3) is 1.71. The van der Waals surface area contributed by atoms with Crippen LogP contribution in [0.4, 0.5) is 0 Å². The van der Waals surface area contributed by atoms with Crippen molar-refractivity contribution in [2.75, 3.05) is 0 Å². The molecule has 1 amide bonds. The van der Waals surface area contributed by atoms with Crippen molar-refractivity contribution >= 4 is 5.91 Å². The van der Waals surface area contributed by atoms with Gasteiger partial charge in [-0.15, -0.1) is 0 Å². The Bertz CT molecular complexity index is 159. The lowest BCUT2D eigenvalue weighted by molar-refractivity contribution is -0.124. The Morgan fingerprint density at radius 1 is 1.45 bits per heavy atom. The van der Waals surface area contributed by atoms with Crippen molar-refractivity contribution < 1.29 is 4.79 Å². The molecule has 1 saturated carbocycles. The van der Waals surface area contributed by atoms with Gasteiger partial charge in [-0.3, -0.25) is 4.79 Å². The summed E-state index contributed by atoms with van der Waals surface area (Å²) in [6, 6.07) is 0. The molecule has 0 aromatic rings. The molecule has 4 N–H and O–H groups in total. The lowest BCUT2D eigenvalue weighted by atomic mass is 9.77. The van der Waals surface area contributed by atoms with Crippen LogP contribution >= 0.6 is 0 Å². The number of carbonyl (C=O) groups excluding carboxylic acids is 1. The molecule has 0 saturated heterocycles. The molecule has 1 fully saturated rings. The summed E-state index contributed by atoms with van der Waals surface area (Å²) in [5, 5.41) is 0. The largest absolute Gasteiger partial charge is 0.368 e. The highest BCUT2D eigenvalue weighted by atomic mass is 16.1. The monoisotopic (exact) mass is 156 g/mol. The van der Waals surface area contributed by atoms with Crippen molar-refractivity contribution in [3.63, 3.8) is 0 Å². The third-order valence-corrected chi connectivity index (χ3v) is 2.66. The predicted octanol–water partition coefficient (Wildman–Crippen LogP) is 0.379. The molecule has 0 atom stereocenters. The number of amides is 1. The minimum Gasteiger partial charge on any atom is -0.368 e. The van der Waals surface area contributed by atoms with Gasteiger partial charge in [0, 0.05) is 0 Å². The second-order valence-electron chi connectivity index (χ2n) is 3.70. The standard InChI is InChI=1S/C8H16N2O/c1-6-2-4-8(10,5-3-6)7(9)11/h6H,2-5,10H2,1H3,(H2,9,11). The van der Waals surface area contributed by atoms with E-state index in [1.54, 1.807) is 0 Å². The Labute approximate surface area is 67.1 Å². The highest BCUT2D eigenvalue weighted by Gasteiger charge is 2.35. The SMILES string of the molecule is CC1CCC(N)(C(N)=O)CC1. The normalized spacial score (nSPS) is 38.5. The summed E-state index contributed by atoms with van der Waals surface area (Å²) in [6.07, 6.45) is 3.56. The molecule has 0 heterocycles. The molecule has 0 spiro atoms. The quantitative estimate of drug-likeness (QED) is 0.576. The summed E-state index contributed by atoms with van der Waals surface area (Å²) in [5.41, 5.74) is 10.3. The van der Waals surface area contributed by atoms with Crippen molar-refractivity contribution in [1.82, 2.24) is 0 Å². The van der Waals surface area contributed by atoms with Gasteiger partial charge in [0.2, 0.25) is 5.91 Å². The van der Waals surface area contributed by atoms with Crippen LogP contribution in [0.2, 0.25) is 0 Å². The maximum Gasteiger partial charge on any atom is 0.237 e. The molecule has 0 aromatic heterocycles. The summed E-state index contributed by atoms with van der Waals surface area (Å²) in [6.45, 7) is 2.18. The van der Waals surface area contributed by atoms with E-state index < -0.39 is 5.54 Å². The van der Waals surface area contributed by atoms with Gasteiger partial charge in [0.05, 0.1) is 5.54 Å². The predicted molar refractivity (Wildman–Crippen MR) is 43.7 cm³/mol. The number of hydrogen-bond donors (Lipinski definition) is 2. The molecule has 11 heavy (non-hydrogen) atoms. The fourth-order valence-corrected chi connectivity index (χ4v) is 1.52. The van der Waals surface area contributed by atoms with Crippen molar-refractivity contribution in [3.05, 3.63) is 0 Å². The van der Waals surface area contributed by atoms with Gasteiger partial charge < -0.3 is 11.5 Å². The molecule has 0 unspecified atom stereocenters. The first kappa shape index (κ1) is 8.53. The van der Waals surface area contributed by atoms with Crippen LogP contribution in [0.3, 0.4) is 0 Å². The molecule has 0 radical (unpaired) electrons. The van der Waals surface area contributed by atoms with Crippen LogP contribution in [0.5, 0.6) is 0 Å². The van der Waals surface area contributed by atoms with Crippen LogP contribution in [0, 0.1) is 5.92 Å². The fourth-order valence-electron chi connectivity index (χ4n) is 1.52. The van der Waals surface area contributed by atoms with Crippen LogP contribution < -0.4 is 11.5 Å². The maximum absolute atomic E-state index is 10.9. The Morgan fingerprint density at radius 3 is 2.27 bits per heavy atom. The fraction of sp³-hybridized carbons (Fsp3) is 0.875. The molecular formula is C8H16N2O. The molecular weight excluding hydrogens is 140 g/mol. The van der Waals surface area contributed by atoms with Crippen molar-refractivity contribution in [1.29, 1.82) is 0 Å². The molecule has 1 aliphatic carbocycles. The van der Waals surface area contributed by atoms with E-state index in [0.29, 0.717) is 5.92 Å². The molecule has 0 aliphatic heterocycles. The second kappa shape index (κ2) is 2.81. The number of rotatable bonds is 1. The zero-order valence-corrected chi connectivity index (χ0v) is 6.97. The highest BCUT2D eigenvalue weighted by Crippen LogP contribution is 2.29. The summed E-state index contributed by atoms with van der Waals surface area (Å²) in [4.78, 5) is 10.9. The van der Waals surface area contributed by atoms with Crippen LogP contribution in [0.1, 0.15) is 32.6 Å². The highest BCUT2D eigenvalue weighted by molar-refractivity contribution is 5.84.